The topological polar surface area (TPSA) is 70.1 Å². The summed E-state index contributed by atoms with van der Waals surface area (Å²) in [5, 5.41) is 16.9. The number of aromatic nitrogens is 2. The minimum absolute atomic E-state index is 0.168. The van der Waals surface area contributed by atoms with Gasteiger partial charge < -0.3 is 15.7 Å². The predicted octanol–water partition coefficient (Wildman–Crippen LogP) is 2.00. The zero-order valence-corrected chi connectivity index (χ0v) is 10.9. The standard InChI is InChI=1S/C14H18N4O/c1-2-15-14-17-12-6-4-3-5-11(12)13(18-14)16-9-7-10(19)8-9/h3-6,9-10,19H,2,7-8H2,1H3,(H2,15,16,17,18). The molecule has 0 amide bonds. The molecule has 3 rings (SSSR count). The Kier molecular flexibility index (Phi) is 3.21. The van der Waals surface area contributed by atoms with Crippen LogP contribution in [0.25, 0.3) is 10.9 Å². The molecule has 5 nitrogen and oxygen atoms in total. The first-order valence-electron chi connectivity index (χ1n) is 6.71. The van der Waals surface area contributed by atoms with Crippen molar-refractivity contribution in [2.45, 2.75) is 31.9 Å². The average Bonchev–Trinajstić information content (AvgIpc) is 2.37. The van der Waals surface area contributed by atoms with Gasteiger partial charge in [0.2, 0.25) is 5.95 Å². The zero-order chi connectivity index (χ0) is 13.2. The van der Waals surface area contributed by atoms with E-state index in [0.29, 0.717) is 12.0 Å². The van der Waals surface area contributed by atoms with Crippen molar-refractivity contribution in [2.75, 3.05) is 17.2 Å². The third kappa shape index (κ3) is 2.46. The highest BCUT2D eigenvalue weighted by Crippen LogP contribution is 2.27. The van der Waals surface area contributed by atoms with Crippen LogP contribution in [0.2, 0.25) is 0 Å². The molecular weight excluding hydrogens is 240 g/mol. The van der Waals surface area contributed by atoms with Gasteiger partial charge >= 0.3 is 0 Å². The molecule has 0 unspecified atom stereocenters. The van der Waals surface area contributed by atoms with Crippen LogP contribution in [0.1, 0.15) is 19.8 Å². The Morgan fingerprint density at radius 2 is 2.05 bits per heavy atom. The summed E-state index contributed by atoms with van der Waals surface area (Å²) in [6.45, 7) is 2.81. The van der Waals surface area contributed by atoms with Gasteiger partial charge in [0.1, 0.15) is 5.82 Å². The largest absolute Gasteiger partial charge is 0.393 e. The van der Waals surface area contributed by atoms with Gasteiger partial charge in [0.15, 0.2) is 0 Å². The monoisotopic (exact) mass is 258 g/mol. The lowest BCUT2D eigenvalue weighted by atomic mass is 9.89. The molecule has 1 aliphatic carbocycles. The minimum atomic E-state index is -0.168. The number of rotatable bonds is 4. The quantitative estimate of drug-likeness (QED) is 0.782. The predicted molar refractivity (Wildman–Crippen MR) is 76.4 cm³/mol. The number of hydrogen-bond acceptors (Lipinski definition) is 5. The Balaban J connectivity index is 1.95. The summed E-state index contributed by atoms with van der Waals surface area (Å²) in [6, 6.07) is 8.27. The molecule has 0 aliphatic heterocycles. The fraction of sp³-hybridized carbons (Fsp3) is 0.429. The summed E-state index contributed by atoms with van der Waals surface area (Å²) >= 11 is 0. The fourth-order valence-electron chi connectivity index (χ4n) is 2.32. The highest BCUT2D eigenvalue weighted by atomic mass is 16.3. The van der Waals surface area contributed by atoms with E-state index in [1.165, 1.54) is 0 Å². The van der Waals surface area contributed by atoms with Crippen molar-refractivity contribution in [1.29, 1.82) is 0 Å². The molecule has 0 atom stereocenters. The van der Waals surface area contributed by atoms with Gasteiger partial charge in [-0.3, -0.25) is 0 Å². The molecule has 5 heteroatoms. The zero-order valence-electron chi connectivity index (χ0n) is 10.9. The lowest BCUT2D eigenvalue weighted by molar-refractivity contribution is 0.0836. The van der Waals surface area contributed by atoms with Gasteiger partial charge in [0, 0.05) is 18.0 Å². The summed E-state index contributed by atoms with van der Waals surface area (Å²) in [5.74, 6) is 1.49. The Morgan fingerprint density at radius 3 is 2.79 bits per heavy atom. The molecule has 1 aromatic carbocycles. The van der Waals surface area contributed by atoms with E-state index in [2.05, 4.69) is 20.6 Å². The lowest BCUT2D eigenvalue weighted by Gasteiger charge is -2.32. The number of anilines is 2. The van der Waals surface area contributed by atoms with Crippen LogP contribution < -0.4 is 10.6 Å². The van der Waals surface area contributed by atoms with Crippen LogP contribution in [-0.4, -0.2) is 33.8 Å². The van der Waals surface area contributed by atoms with Crippen molar-refractivity contribution in [1.82, 2.24) is 9.97 Å². The lowest BCUT2D eigenvalue weighted by Crippen LogP contribution is -2.39. The number of para-hydroxylation sites is 1. The third-order valence-corrected chi connectivity index (χ3v) is 3.39. The van der Waals surface area contributed by atoms with E-state index < -0.39 is 0 Å². The van der Waals surface area contributed by atoms with Gasteiger partial charge in [-0.15, -0.1) is 0 Å². The molecule has 19 heavy (non-hydrogen) atoms. The number of aliphatic hydroxyl groups is 1. The average molecular weight is 258 g/mol. The maximum atomic E-state index is 9.36. The van der Waals surface area contributed by atoms with Crippen LogP contribution in [0, 0.1) is 0 Å². The molecule has 0 bridgehead atoms. The second-order valence-electron chi connectivity index (χ2n) is 4.91. The number of benzene rings is 1. The molecule has 100 valence electrons. The van der Waals surface area contributed by atoms with Crippen molar-refractivity contribution in [3.8, 4) is 0 Å². The molecule has 3 N–H and O–H groups in total. The van der Waals surface area contributed by atoms with Gasteiger partial charge in [-0.05, 0) is 31.9 Å². The summed E-state index contributed by atoms with van der Waals surface area (Å²) in [4.78, 5) is 9.00. The van der Waals surface area contributed by atoms with E-state index in [4.69, 9.17) is 0 Å². The SMILES string of the molecule is CCNc1nc(NC2CC(O)C2)c2ccccc2n1. The van der Waals surface area contributed by atoms with Crippen molar-refractivity contribution >= 4 is 22.7 Å². The molecule has 1 fully saturated rings. The van der Waals surface area contributed by atoms with Crippen LogP contribution in [-0.2, 0) is 0 Å². The molecule has 1 heterocycles. The number of hydrogen-bond donors (Lipinski definition) is 3. The first-order valence-corrected chi connectivity index (χ1v) is 6.71. The molecule has 0 spiro atoms. The van der Waals surface area contributed by atoms with E-state index in [-0.39, 0.29) is 6.10 Å². The maximum Gasteiger partial charge on any atom is 0.225 e. The third-order valence-electron chi connectivity index (χ3n) is 3.39. The summed E-state index contributed by atoms with van der Waals surface area (Å²) in [5.41, 5.74) is 0.927. The van der Waals surface area contributed by atoms with Crippen LogP contribution in [0.15, 0.2) is 24.3 Å². The maximum absolute atomic E-state index is 9.36. The molecule has 0 saturated heterocycles. The van der Waals surface area contributed by atoms with Crippen LogP contribution in [0.5, 0.6) is 0 Å². The molecular formula is C14H18N4O. The van der Waals surface area contributed by atoms with E-state index in [0.717, 1.165) is 36.1 Å². The van der Waals surface area contributed by atoms with Crippen molar-refractivity contribution in [3.63, 3.8) is 0 Å². The van der Waals surface area contributed by atoms with Gasteiger partial charge in [0.05, 0.1) is 11.6 Å². The Morgan fingerprint density at radius 1 is 1.26 bits per heavy atom. The van der Waals surface area contributed by atoms with E-state index in [1.54, 1.807) is 0 Å². The highest BCUT2D eigenvalue weighted by molar-refractivity contribution is 5.90. The van der Waals surface area contributed by atoms with Crippen LogP contribution in [0.4, 0.5) is 11.8 Å². The van der Waals surface area contributed by atoms with Gasteiger partial charge in [-0.1, -0.05) is 12.1 Å². The van der Waals surface area contributed by atoms with Crippen LogP contribution in [0.3, 0.4) is 0 Å². The minimum Gasteiger partial charge on any atom is -0.393 e. The summed E-state index contributed by atoms with van der Waals surface area (Å²) in [6.07, 6.45) is 1.41. The summed E-state index contributed by atoms with van der Waals surface area (Å²) in [7, 11) is 0. The van der Waals surface area contributed by atoms with Gasteiger partial charge in [-0.25, -0.2) is 4.98 Å². The molecule has 2 aromatic rings. The number of nitrogens with one attached hydrogen (secondary N) is 2. The Labute approximate surface area is 112 Å². The van der Waals surface area contributed by atoms with E-state index in [9.17, 15) is 5.11 Å². The molecule has 1 aromatic heterocycles. The van der Waals surface area contributed by atoms with Crippen molar-refractivity contribution in [2.24, 2.45) is 0 Å². The number of aliphatic hydroxyl groups excluding tert-OH is 1. The number of nitrogens with zero attached hydrogens (tertiary/aromatic N) is 2. The Bertz CT molecular complexity index is 581. The van der Waals surface area contributed by atoms with Crippen molar-refractivity contribution in [3.05, 3.63) is 24.3 Å². The normalized spacial score (nSPS) is 22.0. The Hall–Kier alpha value is -1.88. The fourth-order valence-corrected chi connectivity index (χ4v) is 2.32. The van der Waals surface area contributed by atoms with Crippen LogP contribution >= 0.6 is 0 Å². The second-order valence-corrected chi connectivity index (χ2v) is 4.91. The molecule has 0 radical (unpaired) electrons. The highest BCUT2D eigenvalue weighted by Gasteiger charge is 2.27. The molecule has 1 aliphatic rings. The molecule has 1 saturated carbocycles. The first-order chi connectivity index (χ1) is 9.26. The second kappa shape index (κ2) is 5.01. The number of fused-ring (bicyclic) bond motifs is 1. The first kappa shape index (κ1) is 12.2. The van der Waals surface area contributed by atoms with Crippen molar-refractivity contribution < 1.29 is 5.11 Å². The van der Waals surface area contributed by atoms with E-state index in [1.807, 2.05) is 31.2 Å². The van der Waals surface area contributed by atoms with E-state index >= 15 is 0 Å². The van der Waals surface area contributed by atoms with Gasteiger partial charge in [0.25, 0.3) is 0 Å². The van der Waals surface area contributed by atoms with Gasteiger partial charge in [-0.2, -0.15) is 4.98 Å². The smallest absolute Gasteiger partial charge is 0.225 e. The summed E-state index contributed by atoms with van der Waals surface area (Å²) < 4.78 is 0.